The predicted molar refractivity (Wildman–Crippen MR) is 84.8 cm³/mol. The summed E-state index contributed by atoms with van der Waals surface area (Å²) in [6, 6.07) is 12.2. The van der Waals surface area contributed by atoms with E-state index in [-0.39, 0.29) is 12.1 Å². The summed E-state index contributed by atoms with van der Waals surface area (Å²) in [5.41, 5.74) is 2.32. The van der Waals surface area contributed by atoms with Gasteiger partial charge >= 0.3 is 0 Å². The van der Waals surface area contributed by atoms with Gasteiger partial charge in [-0.1, -0.05) is 29.8 Å². The molecule has 0 saturated carbocycles. The van der Waals surface area contributed by atoms with Gasteiger partial charge in [0.25, 0.3) is 0 Å². The monoisotopic (exact) mass is 311 g/mol. The van der Waals surface area contributed by atoms with E-state index in [0.29, 0.717) is 0 Å². The largest absolute Gasteiger partial charge is 0.347 e. The summed E-state index contributed by atoms with van der Waals surface area (Å²) in [6.45, 7) is 0. The van der Waals surface area contributed by atoms with Crippen LogP contribution in [0, 0.1) is 0 Å². The van der Waals surface area contributed by atoms with E-state index in [2.05, 4.69) is 26.4 Å². The summed E-state index contributed by atoms with van der Waals surface area (Å²) in [5.74, 6) is 0.778. The van der Waals surface area contributed by atoms with E-state index in [4.69, 9.17) is 11.6 Å². The van der Waals surface area contributed by atoms with Crippen LogP contribution < -0.4 is 5.32 Å². The lowest BCUT2D eigenvalue weighted by atomic mass is 9.94. The minimum atomic E-state index is 0.126. The van der Waals surface area contributed by atoms with E-state index in [1.807, 2.05) is 41.2 Å². The van der Waals surface area contributed by atoms with Gasteiger partial charge in [-0.05, 0) is 35.7 Å². The van der Waals surface area contributed by atoms with Crippen molar-refractivity contribution in [3.63, 3.8) is 0 Å². The van der Waals surface area contributed by atoms with Crippen LogP contribution in [0.15, 0.2) is 55.1 Å². The molecule has 5 nitrogen and oxygen atoms in total. The average Bonchev–Trinajstić information content (AvgIpc) is 3.04. The van der Waals surface area contributed by atoms with Gasteiger partial charge in [0.2, 0.25) is 5.95 Å². The Morgan fingerprint density at radius 2 is 2.00 bits per heavy atom. The van der Waals surface area contributed by atoms with Crippen molar-refractivity contribution in [3.8, 4) is 0 Å². The molecule has 0 bridgehead atoms. The molecule has 1 N–H and O–H groups in total. The maximum atomic E-state index is 6.00. The standard InChI is InChI=1S/C16H14ClN5/c17-13-5-3-11(4-6-13)15-8-14(12-2-1-7-18-9-12)21-16-19-10-20-22(15)16/h1-7,9-10,14-15H,8H2,(H,19,20,21)/t14-,15+/m1/s1. The Morgan fingerprint density at radius 3 is 2.77 bits per heavy atom. The molecule has 1 aromatic carbocycles. The highest BCUT2D eigenvalue weighted by atomic mass is 35.5. The summed E-state index contributed by atoms with van der Waals surface area (Å²) in [6.07, 6.45) is 6.13. The van der Waals surface area contributed by atoms with Crippen LogP contribution in [0.5, 0.6) is 0 Å². The Kier molecular flexibility index (Phi) is 3.27. The average molecular weight is 312 g/mol. The van der Waals surface area contributed by atoms with Crippen molar-refractivity contribution in [2.75, 3.05) is 5.32 Å². The van der Waals surface area contributed by atoms with Crippen molar-refractivity contribution in [2.24, 2.45) is 0 Å². The topological polar surface area (TPSA) is 55.6 Å². The van der Waals surface area contributed by atoms with Crippen molar-refractivity contribution in [1.29, 1.82) is 0 Å². The Hall–Kier alpha value is -2.40. The molecule has 3 heterocycles. The van der Waals surface area contributed by atoms with E-state index in [1.54, 1.807) is 12.5 Å². The molecule has 3 aromatic rings. The number of aromatic nitrogens is 4. The van der Waals surface area contributed by atoms with E-state index < -0.39 is 0 Å². The molecule has 0 unspecified atom stereocenters. The van der Waals surface area contributed by atoms with Crippen LogP contribution in [0.1, 0.15) is 29.6 Å². The second-order valence-corrected chi connectivity index (χ2v) is 5.75. The number of hydrogen-bond acceptors (Lipinski definition) is 4. The molecule has 0 amide bonds. The van der Waals surface area contributed by atoms with Gasteiger partial charge in [-0.3, -0.25) is 4.98 Å². The third-order valence-corrected chi connectivity index (χ3v) is 4.22. The van der Waals surface area contributed by atoms with Gasteiger partial charge in [0.05, 0.1) is 12.1 Å². The van der Waals surface area contributed by atoms with E-state index in [0.717, 1.165) is 23.0 Å². The van der Waals surface area contributed by atoms with Crippen molar-refractivity contribution in [1.82, 2.24) is 19.7 Å². The molecule has 1 aliphatic rings. The van der Waals surface area contributed by atoms with Gasteiger partial charge in [-0.25, -0.2) is 4.68 Å². The zero-order valence-electron chi connectivity index (χ0n) is 11.7. The van der Waals surface area contributed by atoms with E-state index in [9.17, 15) is 0 Å². The molecule has 22 heavy (non-hydrogen) atoms. The molecule has 0 aliphatic carbocycles. The number of hydrogen-bond donors (Lipinski definition) is 1. The van der Waals surface area contributed by atoms with Gasteiger partial charge in [-0.15, -0.1) is 0 Å². The van der Waals surface area contributed by atoms with Crippen LogP contribution in [0.2, 0.25) is 5.02 Å². The number of anilines is 1. The number of nitrogens with zero attached hydrogens (tertiary/aromatic N) is 4. The van der Waals surface area contributed by atoms with Crippen LogP contribution in [-0.4, -0.2) is 19.7 Å². The highest BCUT2D eigenvalue weighted by Gasteiger charge is 2.29. The first-order valence-electron chi connectivity index (χ1n) is 7.13. The molecule has 4 rings (SSSR count). The first-order valence-corrected chi connectivity index (χ1v) is 7.50. The predicted octanol–water partition coefficient (Wildman–Crippen LogP) is 3.47. The molecule has 110 valence electrons. The highest BCUT2D eigenvalue weighted by Crippen LogP contribution is 2.37. The van der Waals surface area contributed by atoms with Gasteiger partial charge in [0.15, 0.2) is 0 Å². The molecule has 0 spiro atoms. The summed E-state index contributed by atoms with van der Waals surface area (Å²) < 4.78 is 1.93. The zero-order chi connectivity index (χ0) is 14.9. The van der Waals surface area contributed by atoms with Crippen LogP contribution in [0.25, 0.3) is 0 Å². The fraction of sp³-hybridized carbons (Fsp3) is 0.188. The smallest absolute Gasteiger partial charge is 0.222 e. The number of pyridine rings is 1. The van der Waals surface area contributed by atoms with Crippen LogP contribution in [0.4, 0.5) is 5.95 Å². The number of halogens is 1. The van der Waals surface area contributed by atoms with Gasteiger partial charge in [0, 0.05) is 17.4 Å². The third kappa shape index (κ3) is 2.33. The lowest BCUT2D eigenvalue weighted by Gasteiger charge is -2.31. The van der Waals surface area contributed by atoms with Gasteiger partial charge in [0.1, 0.15) is 6.33 Å². The summed E-state index contributed by atoms with van der Waals surface area (Å²) >= 11 is 6.00. The first-order chi connectivity index (χ1) is 10.8. The quantitative estimate of drug-likeness (QED) is 0.787. The number of benzene rings is 1. The Labute approximate surface area is 133 Å². The first kappa shape index (κ1) is 13.3. The normalized spacial score (nSPS) is 20.2. The minimum Gasteiger partial charge on any atom is -0.347 e. The van der Waals surface area contributed by atoms with Gasteiger partial charge in [-0.2, -0.15) is 10.1 Å². The van der Waals surface area contributed by atoms with Crippen molar-refractivity contribution in [3.05, 3.63) is 71.3 Å². The van der Waals surface area contributed by atoms with Crippen molar-refractivity contribution < 1.29 is 0 Å². The molecule has 2 atom stereocenters. The van der Waals surface area contributed by atoms with Crippen molar-refractivity contribution in [2.45, 2.75) is 18.5 Å². The fourth-order valence-electron chi connectivity index (χ4n) is 2.88. The summed E-state index contributed by atoms with van der Waals surface area (Å²) in [5, 5.41) is 8.52. The zero-order valence-corrected chi connectivity index (χ0v) is 12.5. The fourth-order valence-corrected chi connectivity index (χ4v) is 3.01. The summed E-state index contributed by atoms with van der Waals surface area (Å²) in [7, 11) is 0. The molecule has 0 fully saturated rings. The van der Waals surface area contributed by atoms with Crippen LogP contribution >= 0.6 is 11.6 Å². The number of fused-ring (bicyclic) bond motifs is 1. The maximum absolute atomic E-state index is 6.00. The summed E-state index contributed by atoms with van der Waals surface area (Å²) in [4.78, 5) is 8.53. The van der Waals surface area contributed by atoms with Gasteiger partial charge < -0.3 is 5.32 Å². The molecule has 0 saturated heterocycles. The molecule has 6 heteroatoms. The lowest BCUT2D eigenvalue weighted by molar-refractivity contribution is 0.430. The molecule has 0 radical (unpaired) electrons. The molecule has 2 aromatic heterocycles. The number of nitrogens with one attached hydrogen (secondary N) is 1. The van der Waals surface area contributed by atoms with E-state index >= 15 is 0 Å². The second-order valence-electron chi connectivity index (χ2n) is 5.31. The van der Waals surface area contributed by atoms with Crippen LogP contribution in [0.3, 0.4) is 0 Å². The van der Waals surface area contributed by atoms with Crippen LogP contribution in [-0.2, 0) is 0 Å². The lowest BCUT2D eigenvalue weighted by Crippen LogP contribution is -2.28. The molecular formula is C16H14ClN5. The minimum absolute atomic E-state index is 0.126. The third-order valence-electron chi connectivity index (χ3n) is 3.97. The van der Waals surface area contributed by atoms with E-state index in [1.165, 1.54) is 5.56 Å². The van der Waals surface area contributed by atoms with Crippen molar-refractivity contribution >= 4 is 17.5 Å². The Balaban J connectivity index is 1.73. The SMILES string of the molecule is Clc1ccc([C@@H]2C[C@H](c3cccnc3)Nc3ncnn32)cc1. The molecule has 1 aliphatic heterocycles. The maximum Gasteiger partial charge on any atom is 0.222 e. The number of rotatable bonds is 2. The Morgan fingerprint density at radius 1 is 1.14 bits per heavy atom. The molecular weight excluding hydrogens is 298 g/mol. The Bertz CT molecular complexity index is 769. The highest BCUT2D eigenvalue weighted by molar-refractivity contribution is 6.30. The second kappa shape index (κ2) is 5.42.